The first kappa shape index (κ1) is 12.1. The van der Waals surface area contributed by atoms with Gasteiger partial charge in [0.15, 0.2) is 5.82 Å². The summed E-state index contributed by atoms with van der Waals surface area (Å²) < 4.78 is 1.94. The molecule has 1 aromatic heterocycles. The van der Waals surface area contributed by atoms with E-state index in [4.69, 9.17) is 5.73 Å². The van der Waals surface area contributed by atoms with Crippen molar-refractivity contribution in [2.24, 2.45) is 5.92 Å². The molecule has 1 heterocycles. The lowest BCUT2D eigenvalue weighted by molar-refractivity contribution is 0.271. The molecular formula is C14H19N5. The van der Waals surface area contributed by atoms with Gasteiger partial charge in [-0.05, 0) is 73.7 Å². The van der Waals surface area contributed by atoms with E-state index in [0.717, 1.165) is 22.6 Å². The number of benzene rings is 1. The molecule has 0 bridgehead atoms. The summed E-state index contributed by atoms with van der Waals surface area (Å²) in [4.78, 5) is 0. The third-order valence-electron chi connectivity index (χ3n) is 3.95. The van der Waals surface area contributed by atoms with Crippen LogP contribution >= 0.6 is 0 Å². The van der Waals surface area contributed by atoms with Crippen molar-refractivity contribution in [2.45, 2.75) is 39.2 Å². The first-order valence-electron chi connectivity index (χ1n) is 6.65. The zero-order valence-electron chi connectivity index (χ0n) is 11.6. The van der Waals surface area contributed by atoms with Gasteiger partial charge in [0.25, 0.3) is 0 Å². The van der Waals surface area contributed by atoms with Crippen molar-refractivity contribution < 1.29 is 0 Å². The van der Waals surface area contributed by atoms with E-state index in [1.54, 1.807) is 0 Å². The predicted molar refractivity (Wildman–Crippen MR) is 74.4 cm³/mol. The maximum absolute atomic E-state index is 5.92. The van der Waals surface area contributed by atoms with E-state index >= 15 is 0 Å². The Hall–Kier alpha value is -1.91. The second-order valence-electron chi connectivity index (χ2n) is 5.97. The molecule has 1 saturated carbocycles. The fourth-order valence-corrected chi connectivity index (χ4v) is 2.66. The minimum atomic E-state index is -0.0443. The molecule has 0 amide bonds. The number of nitrogens with zero attached hydrogens (tertiary/aromatic N) is 4. The predicted octanol–water partition coefficient (Wildman–Crippen LogP) is 2.38. The van der Waals surface area contributed by atoms with Crippen LogP contribution in [0.4, 0.5) is 5.69 Å². The van der Waals surface area contributed by atoms with Crippen molar-refractivity contribution in [3.63, 3.8) is 0 Å². The summed E-state index contributed by atoms with van der Waals surface area (Å²) in [6, 6.07) is 5.95. The minimum absolute atomic E-state index is 0.0443. The van der Waals surface area contributed by atoms with Gasteiger partial charge in [-0.2, -0.15) is 0 Å². The Balaban J connectivity index is 2.09. The van der Waals surface area contributed by atoms with E-state index < -0.39 is 0 Å². The van der Waals surface area contributed by atoms with Crippen molar-refractivity contribution in [1.29, 1.82) is 0 Å². The highest BCUT2D eigenvalue weighted by Crippen LogP contribution is 2.44. The number of hydrogen-bond donors (Lipinski definition) is 1. The summed E-state index contributed by atoms with van der Waals surface area (Å²) in [5, 5.41) is 12.2. The lowest BCUT2D eigenvalue weighted by Crippen LogP contribution is -2.30. The molecule has 19 heavy (non-hydrogen) atoms. The van der Waals surface area contributed by atoms with Gasteiger partial charge in [-0.1, -0.05) is 0 Å². The molecule has 100 valence electrons. The van der Waals surface area contributed by atoms with Crippen molar-refractivity contribution in [2.75, 3.05) is 5.73 Å². The number of nitrogens with two attached hydrogens (primary N) is 1. The van der Waals surface area contributed by atoms with Crippen molar-refractivity contribution in [3.05, 3.63) is 23.8 Å². The molecule has 0 saturated heterocycles. The van der Waals surface area contributed by atoms with Gasteiger partial charge in [0.1, 0.15) is 0 Å². The van der Waals surface area contributed by atoms with E-state index in [1.165, 1.54) is 12.8 Å². The molecule has 3 rings (SSSR count). The lowest BCUT2D eigenvalue weighted by Gasteiger charge is -2.25. The summed E-state index contributed by atoms with van der Waals surface area (Å²) in [6.07, 6.45) is 2.50. The van der Waals surface area contributed by atoms with Crippen molar-refractivity contribution >= 4 is 5.69 Å². The smallest absolute Gasteiger partial charge is 0.182 e. The number of aryl methyl sites for hydroxylation is 1. The van der Waals surface area contributed by atoms with E-state index in [2.05, 4.69) is 35.4 Å². The van der Waals surface area contributed by atoms with Crippen LogP contribution < -0.4 is 5.73 Å². The Bertz CT molecular complexity index is 590. The molecule has 1 aliphatic carbocycles. The molecule has 1 fully saturated rings. The van der Waals surface area contributed by atoms with E-state index in [9.17, 15) is 0 Å². The highest BCUT2D eigenvalue weighted by Gasteiger charge is 2.41. The maximum atomic E-state index is 5.92. The molecule has 2 aromatic rings. The summed E-state index contributed by atoms with van der Waals surface area (Å²) >= 11 is 0. The second kappa shape index (κ2) is 4.05. The third kappa shape index (κ3) is 2.09. The van der Waals surface area contributed by atoms with Crippen LogP contribution in [0.25, 0.3) is 11.4 Å². The first-order valence-corrected chi connectivity index (χ1v) is 6.65. The quantitative estimate of drug-likeness (QED) is 0.857. The molecule has 0 spiro atoms. The van der Waals surface area contributed by atoms with Gasteiger partial charge in [0.05, 0.1) is 5.54 Å². The SMILES string of the molecule is Cc1cc(N)cc(-c2nnnn2C(C)(C)C2CC2)c1. The van der Waals surface area contributed by atoms with Gasteiger partial charge in [-0.25, -0.2) is 4.68 Å². The molecular weight excluding hydrogens is 238 g/mol. The van der Waals surface area contributed by atoms with E-state index in [-0.39, 0.29) is 5.54 Å². The van der Waals surface area contributed by atoms with Gasteiger partial charge >= 0.3 is 0 Å². The van der Waals surface area contributed by atoms with Crippen molar-refractivity contribution in [3.8, 4) is 11.4 Å². The first-order chi connectivity index (χ1) is 8.98. The van der Waals surface area contributed by atoms with Crippen LogP contribution in [0.3, 0.4) is 0 Å². The average molecular weight is 257 g/mol. The van der Waals surface area contributed by atoms with Crippen LogP contribution in [0.1, 0.15) is 32.3 Å². The van der Waals surface area contributed by atoms with Crippen LogP contribution in [-0.4, -0.2) is 20.2 Å². The fraction of sp³-hybridized carbons (Fsp3) is 0.500. The normalized spacial score (nSPS) is 15.7. The molecule has 0 atom stereocenters. The number of anilines is 1. The van der Waals surface area contributed by atoms with Gasteiger partial charge in [0, 0.05) is 11.3 Å². The Morgan fingerprint density at radius 1 is 1.26 bits per heavy atom. The monoisotopic (exact) mass is 257 g/mol. The molecule has 1 aromatic carbocycles. The fourth-order valence-electron chi connectivity index (χ4n) is 2.66. The number of rotatable bonds is 3. The topological polar surface area (TPSA) is 69.6 Å². The van der Waals surface area contributed by atoms with Gasteiger partial charge < -0.3 is 5.73 Å². The van der Waals surface area contributed by atoms with E-state index in [0.29, 0.717) is 5.92 Å². The maximum Gasteiger partial charge on any atom is 0.182 e. The summed E-state index contributed by atoms with van der Waals surface area (Å²) in [5.74, 6) is 1.46. The molecule has 5 nitrogen and oxygen atoms in total. The molecule has 1 aliphatic rings. The standard InChI is InChI=1S/C14H19N5/c1-9-6-10(8-12(15)7-9)13-16-17-18-19(13)14(2,3)11-4-5-11/h6-8,11H,4-5,15H2,1-3H3. The largest absolute Gasteiger partial charge is 0.399 e. The molecule has 0 unspecified atom stereocenters. The zero-order valence-corrected chi connectivity index (χ0v) is 11.6. The summed E-state index contributed by atoms with van der Waals surface area (Å²) in [6.45, 7) is 6.42. The molecule has 2 N–H and O–H groups in total. The Labute approximate surface area is 112 Å². The Kier molecular flexibility index (Phi) is 2.59. The zero-order chi connectivity index (χ0) is 13.6. The molecule has 0 radical (unpaired) electrons. The van der Waals surface area contributed by atoms with Gasteiger partial charge in [0.2, 0.25) is 0 Å². The van der Waals surface area contributed by atoms with Crippen LogP contribution in [-0.2, 0) is 5.54 Å². The lowest BCUT2D eigenvalue weighted by atomic mass is 9.98. The highest BCUT2D eigenvalue weighted by molar-refractivity contribution is 5.62. The average Bonchev–Trinajstić information content (AvgIpc) is 3.05. The number of aromatic nitrogens is 4. The van der Waals surface area contributed by atoms with Crippen LogP contribution in [0.2, 0.25) is 0 Å². The van der Waals surface area contributed by atoms with Gasteiger partial charge in [-0.15, -0.1) is 5.10 Å². The molecule has 5 heteroatoms. The van der Waals surface area contributed by atoms with Crippen LogP contribution in [0, 0.1) is 12.8 Å². The van der Waals surface area contributed by atoms with Crippen LogP contribution in [0.5, 0.6) is 0 Å². The van der Waals surface area contributed by atoms with Crippen LogP contribution in [0.15, 0.2) is 18.2 Å². The Morgan fingerprint density at radius 3 is 2.63 bits per heavy atom. The Morgan fingerprint density at radius 2 is 2.00 bits per heavy atom. The van der Waals surface area contributed by atoms with Gasteiger partial charge in [-0.3, -0.25) is 0 Å². The van der Waals surface area contributed by atoms with E-state index in [1.807, 2.05) is 23.7 Å². The summed E-state index contributed by atoms with van der Waals surface area (Å²) in [5.41, 5.74) is 8.72. The second-order valence-corrected chi connectivity index (χ2v) is 5.97. The number of nitrogen functional groups attached to an aromatic ring is 1. The minimum Gasteiger partial charge on any atom is -0.399 e. The highest BCUT2D eigenvalue weighted by atomic mass is 15.6. The van der Waals surface area contributed by atoms with Crippen molar-refractivity contribution in [1.82, 2.24) is 20.2 Å². The third-order valence-corrected chi connectivity index (χ3v) is 3.95. The number of hydrogen-bond acceptors (Lipinski definition) is 4. The summed E-state index contributed by atoms with van der Waals surface area (Å²) in [7, 11) is 0. The molecule has 0 aliphatic heterocycles. The number of tetrazole rings is 1.